The van der Waals surface area contributed by atoms with Crippen LogP contribution in [0, 0.1) is 5.92 Å². The Balaban J connectivity index is 1.89. The van der Waals surface area contributed by atoms with Crippen molar-refractivity contribution in [2.45, 2.75) is 39.0 Å². The number of carbonyl (C=O) groups excluding carboxylic acids is 1. The van der Waals surface area contributed by atoms with Gasteiger partial charge in [-0.05, 0) is 35.1 Å². The molecule has 0 saturated carbocycles. The lowest BCUT2D eigenvalue weighted by Gasteiger charge is -2.25. The molecule has 0 fully saturated rings. The highest BCUT2D eigenvalue weighted by Crippen LogP contribution is 2.31. The molecule has 3 rings (SSSR count). The van der Waals surface area contributed by atoms with E-state index in [1.807, 2.05) is 42.6 Å². The zero-order chi connectivity index (χ0) is 23.6. The van der Waals surface area contributed by atoms with Crippen LogP contribution in [0.25, 0.3) is 11.1 Å². The average molecular weight is 449 g/mol. The first-order valence-corrected chi connectivity index (χ1v) is 11.4. The van der Waals surface area contributed by atoms with E-state index < -0.39 is 6.10 Å². The second kappa shape index (κ2) is 12.3. The first kappa shape index (κ1) is 24.6. The molecule has 0 bridgehead atoms. The molecule has 3 aromatic rings. The smallest absolute Gasteiger partial charge is 0.335 e. The van der Waals surface area contributed by atoms with Gasteiger partial charge in [0.25, 0.3) is 0 Å². The molecule has 2 atom stereocenters. The van der Waals surface area contributed by atoms with E-state index in [-0.39, 0.29) is 12.1 Å². The van der Waals surface area contributed by atoms with E-state index in [9.17, 15) is 4.79 Å². The van der Waals surface area contributed by atoms with Crippen LogP contribution in [-0.4, -0.2) is 32.9 Å². The van der Waals surface area contributed by atoms with E-state index in [0.717, 1.165) is 28.8 Å². The van der Waals surface area contributed by atoms with Crippen LogP contribution in [0.4, 0.5) is 0 Å². The molecule has 0 amide bonds. The van der Waals surface area contributed by atoms with Crippen LogP contribution in [0.5, 0.6) is 0 Å². The Morgan fingerprint density at radius 2 is 1.58 bits per heavy atom. The average Bonchev–Trinajstić information content (AvgIpc) is 2.85. The summed E-state index contributed by atoms with van der Waals surface area (Å²) in [6.45, 7) is 5.62. The number of aromatic nitrogens is 1. The fourth-order valence-electron chi connectivity index (χ4n) is 3.79. The number of hydrogen-bond acceptors (Lipinski definition) is 4. The van der Waals surface area contributed by atoms with Crippen molar-refractivity contribution >= 4 is 5.97 Å². The summed E-state index contributed by atoms with van der Waals surface area (Å²) in [6.07, 6.45) is 3.76. The topological polar surface area (TPSA) is 48.6 Å². The minimum atomic E-state index is -0.631. The molecule has 0 aliphatic rings. The summed E-state index contributed by atoms with van der Waals surface area (Å²) in [5.74, 6) is -0.0399. The normalized spacial score (nSPS) is 13.0. The number of benzene rings is 2. The third-order valence-electron chi connectivity index (χ3n) is 5.51. The van der Waals surface area contributed by atoms with Crippen molar-refractivity contribution in [3.8, 4) is 11.1 Å². The van der Waals surface area contributed by atoms with Gasteiger partial charge in [0, 0.05) is 18.7 Å². The predicted molar refractivity (Wildman–Crippen MR) is 129 cm³/mol. The summed E-state index contributed by atoms with van der Waals surface area (Å²) in [4.78, 5) is 12.4. The number of ether oxygens (including phenoxy) is 3. The maximum Gasteiger partial charge on any atom is 0.335 e. The Kier molecular flexibility index (Phi) is 9.16. The third kappa shape index (κ3) is 6.98. The molecule has 174 valence electrons. The van der Waals surface area contributed by atoms with Crippen molar-refractivity contribution in [3.05, 3.63) is 90.3 Å². The molecule has 1 aromatic heterocycles. The Bertz CT molecular complexity index is 1000. The summed E-state index contributed by atoms with van der Waals surface area (Å²) in [7, 11) is 3.12. The van der Waals surface area contributed by atoms with Gasteiger partial charge in [0.1, 0.15) is 12.7 Å². The first-order valence-electron chi connectivity index (χ1n) is 11.4. The van der Waals surface area contributed by atoms with Gasteiger partial charge >= 0.3 is 5.97 Å². The third-order valence-corrected chi connectivity index (χ3v) is 5.51. The summed E-state index contributed by atoms with van der Waals surface area (Å²) >= 11 is 0. The van der Waals surface area contributed by atoms with Crippen molar-refractivity contribution in [1.82, 2.24) is 0 Å². The van der Waals surface area contributed by atoms with E-state index in [0.29, 0.717) is 18.9 Å². The van der Waals surface area contributed by atoms with Crippen LogP contribution >= 0.6 is 0 Å². The van der Waals surface area contributed by atoms with Gasteiger partial charge in [-0.25, -0.2) is 9.36 Å². The van der Waals surface area contributed by atoms with E-state index in [1.54, 1.807) is 7.11 Å². The quantitative estimate of drug-likeness (QED) is 0.307. The van der Waals surface area contributed by atoms with Crippen molar-refractivity contribution < 1.29 is 23.6 Å². The van der Waals surface area contributed by atoms with Crippen molar-refractivity contribution in [2.24, 2.45) is 5.92 Å². The second-order valence-corrected chi connectivity index (χ2v) is 8.51. The lowest BCUT2D eigenvalue weighted by Crippen LogP contribution is -2.35. The Morgan fingerprint density at radius 3 is 2.21 bits per heavy atom. The summed E-state index contributed by atoms with van der Waals surface area (Å²) in [6, 6.07) is 22.5. The maximum atomic E-state index is 12.4. The van der Waals surface area contributed by atoms with E-state index in [2.05, 4.69) is 54.9 Å². The predicted octanol–water partition coefficient (Wildman–Crippen LogP) is 4.98. The molecule has 33 heavy (non-hydrogen) atoms. The summed E-state index contributed by atoms with van der Waals surface area (Å²) < 4.78 is 18.7. The largest absolute Gasteiger partial charge is 0.467 e. The zero-order valence-corrected chi connectivity index (χ0v) is 19.9. The molecule has 0 aliphatic heterocycles. The van der Waals surface area contributed by atoms with Gasteiger partial charge < -0.3 is 14.2 Å². The highest BCUT2D eigenvalue weighted by molar-refractivity contribution is 5.74. The molecule has 0 saturated heterocycles. The number of pyridine rings is 1. The van der Waals surface area contributed by atoms with Crippen molar-refractivity contribution in [3.63, 3.8) is 0 Å². The molecule has 2 aromatic carbocycles. The molecule has 0 aliphatic carbocycles. The number of methoxy groups -OCH3 is 2. The van der Waals surface area contributed by atoms with Crippen molar-refractivity contribution in [1.29, 1.82) is 0 Å². The lowest BCUT2D eigenvalue weighted by atomic mass is 9.97. The number of esters is 1. The number of nitrogens with zero attached hydrogens (tertiary/aromatic N) is 1. The van der Waals surface area contributed by atoms with Gasteiger partial charge in [-0.15, -0.1) is 0 Å². The molecule has 0 radical (unpaired) electrons. The van der Waals surface area contributed by atoms with Crippen molar-refractivity contribution in [2.75, 3.05) is 20.8 Å². The highest BCUT2D eigenvalue weighted by Gasteiger charge is 2.27. The minimum absolute atomic E-state index is 0.302. The number of hydrogen-bond donors (Lipinski definition) is 0. The van der Waals surface area contributed by atoms with Gasteiger partial charge in [0.2, 0.25) is 0 Å². The van der Waals surface area contributed by atoms with Gasteiger partial charge in [0.15, 0.2) is 25.0 Å². The minimum Gasteiger partial charge on any atom is -0.467 e. The molecule has 1 heterocycles. The van der Waals surface area contributed by atoms with E-state index in [4.69, 9.17) is 14.2 Å². The lowest BCUT2D eigenvalue weighted by molar-refractivity contribution is -0.697. The molecular weight excluding hydrogens is 414 g/mol. The van der Waals surface area contributed by atoms with E-state index >= 15 is 0 Å². The monoisotopic (exact) mass is 448 g/mol. The highest BCUT2D eigenvalue weighted by atomic mass is 16.6. The second-order valence-electron chi connectivity index (χ2n) is 8.51. The summed E-state index contributed by atoms with van der Waals surface area (Å²) in [5.41, 5.74) is 4.24. The molecule has 5 nitrogen and oxygen atoms in total. The summed E-state index contributed by atoms with van der Waals surface area (Å²) in [5, 5.41) is 0. The Labute approximate surface area is 196 Å². The Hall–Kier alpha value is -3.02. The molecule has 0 unspecified atom stereocenters. The molecular formula is C28H34NO4+. The van der Waals surface area contributed by atoms with Crippen LogP contribution < -0.4 is 4.57 Å². The Morgan fingerprint density at radius 1 is 0.879 bits per heavy atom. The van der Waals surface area contributed by atoms with Gasteiger partial charge in [-0.3, -0.25) is 0 Å². The molecule has 0 N–H and O–H groups in total. The fraction of sp³-hybridized carbons (Fsp3) is 0.357. The maximum absolute atomic E-state index is 12.4. The SMILES string of the molecule is COCC[n+]1cccc(-c2ccc([C@H](O[C@@H](CC(C)C)C(=O)OC)c3ccccc3)cc2)c1. The van der Waals surface area contributed by atoms with Gasteiger partial charge in [-0.1, -0.05) is 68.4 Å². The standard InChI is InChI=1S/C28H34NO4/c1-21(2)19-26(28(30)32-4)33-27(23-9-6-5-7-10-23)24-14-12-22(13-15-24)25-11-8-16-29(20-25)17-18-31-3/h5-16,20-21,26-27H,17-19H2,1-4H3/q+1/t26-,27+/m0/s1. The number of rotatable bonds is 11. The van der Waals surface area contributed by atoms with Gasteiger partial charge in [0.05, 0.1) is 7.11 Å². The van der Waals surface area contributed by atoms with Crippen LogP contribution in [-0.2, 0) is 25.5 Å². The van der Waals surface area contributed by atoms with Crippen LogP contribution in [0.2, 0.25) is 0 Å². The van der Waals surface area contributed by atoms with Crippen LogP contribution in [0.15, 0.2) is 79.1 Å². The number of carbonyl (C=O) groups is 1. The fourth-order valence-corrected chi connectivity index (χ4v) is 3.79. The van der Waals surface area contributed by atoms with Crippen LogP contribution in [0.1, 0.15) is 37.5 Å². The zero-order valence-electron chi connectivity index (χ0n) is 19.9. The first-order chi connectivity index (χ1) is 16.0. The van der Waals surface area contributed by atoms with Gasteiger partial charge in [-0.2, -0.15) is 0 Å². The van der Waals surface area contributed by atoms with E-state index in [1.165, 1.54) is 7.11 Å². The van der Waals surface area contributed by atoms with Crippen LogP contribution in [0.3, 0.4) is 0 Å². The molecule has 0 spiro atoms. The molecule has 5 heteroatoms.